The van der Waals surface area contributed by atoms with Gasteiger partial charge in [0.05, 0.1) is 20.8 Å². The van der Waals surface area contributed by atoms with Gasteiger partial charge < -0.3 is 0 Å². The number of fused-ring (bicyclic) bond motifs is 5. The predicted molar refractivity (Wildman–Crippen MR) is 81.2 cm³/mol. The third-order valence-electron chi connectivity index (χ3n) is 4.32. The molecule has 3 aliphatic carbocycles. The molecule has 0 aliphatic heterocycles. The largest absolute Gasteiger partial charge is 0.166 e. The van der Waals surface area contributed by atoms with Crippen LogP contribution in [0.5, 0.6) is 0 Å². The summed E-state index contributed by atoms with van der Waals surface area (Å²) < 4.78 is -1.50. The van der Waals surface area contributed by atoms with E-state index in [0.29, 0.717) is 6.42 Å². The molecule has 0 nitrogen and oxygen atoms in total. The molecule has 3 aliphatic rings. The molecule has 0 aromatic heterocycles. The highest BCUT2D eigenvalue weighted by molar-refractivity contribution is 6.66. The van der Waals surface area contributed by atoms with Gasteiger partial charge >= 0.3 is 0 Å². The smallest absolute Gasteiger partial charge is 0.121 e. The molecule has 8 heteroatoms. The normalized spacial score (nSPS) is 57.3. The molecule has 0 heterocycles. The van der Waals surface area contributed by atoms with Gasteiger partial charge in [-0.25, -0.2) is 0 Å². The Balaban J connectivity index is 2.26. The molecular formula is C10H6Cl8. The van der Waals surface area contributed by atoms with Crippen LogP contribution in [0.1, 0.15) is 6.42 Å². The quantitative estimate of drug-likeness (QED) is 0.451. The van der Waals surface area contributed by atoms with Gasteiger partial charge in [0.15, 0.2) is 4.33 Å². The maximum Gasteiger partial charge on any atom is 0.166 e. The van der Waals surface area contributed by atoms with Gasteiger partial charge in [-0.15, -0.1) is 46.4 Å². The van der Waals surface area contributed by atoms with Crippen LogP contribution in [0.15, 0.2) is 10.1 Å². The Morgan fingerprint density at radius 3 is 1.94 bits per heavy atom. The van der Waals surface area contributed by atoms with Gasteiger partial charge in [-0.05, 0) is 12.3 Å². The van der Waals surface area contributed by atoms with Crippen LogP contribution in [0.4, 0.5) is 0 Å². The molecule has 2 saturated carbocycles. The minimum absolute atomic E-state index is 0.184. The molecule has 0 aromatic carbocycles. The number of hydrogen-bond donors (Lipinski definition) is 0. The van der Waals surface area contributed by atoms with Gasteiger partial charge in [0.25, 0.3) is 0 Å². The lowest BCUT2D eigenvalue weighted by Gasteiger charge is -2.35. The lowest BCUT2D eigenvalue weighted by Crippen LogP contribution is -2.47. The van der Waals surface area contributed by atoms with Crippen molar-refractivity contribution < 1.29 is 0 Å². The van der Waals surface area contributed by atoms with E-state index >= 15 is 0 Å². The first-order valence-corrected chi connectivity index (χ1v) is 8.35. The van der Waals surface area contributed by atoms with E-state index in [4.69, 9.17) is 92.8 Å². The van der Waals surface area contributed by atoms with Crippen molar-refractivity contribution in [3.63, 3.8) is 0 Å². The van der Waals surface area contributed by atoms with Crippen LogP contribution < -0.4 is 0 Å². The van der Waals surface area contributed by atoms with Gasteiger partial charge in [-0.3, -0.25) is 0 Å². The van der Waals surface area contributed by atoms with Crippen molar-refractivity contribution in [3.8, 4) is 0 Å². The van der Waals surface area contributed by atoms with Gasteiger partial charge in [0.1, 0.15) is 9.75 Å². The Morgan fingerprint density at radius 1 is 0.889 bits per heavy atom. The Bertz CT molecular complexity index is 459. The number of alkyl halides is 6. The molecule has 2 fully saturated rings. The molecule has 0 aromatic rings. The molecule has 0 radical (unpaired) electrons. The zero-order valence-corrected chi connectivity index (χ0v) is 14.6. The van der Waals surface area contributed by atoms with Crippen LogP contribution >= 0.6 is 92.8 Å². The zero-order chi connectivity index (χ0) is 13.7. The highest BCUT2D eigenvalue weighted by atomic mass is 35.5. The topological polar surface area (TPSA) is 0 Å². The minimum atomic E-state index is -1.50. The minimum Gasteiger partial charge on any atom is -0.121 e. The second-order valence-corrected chi connectivity index (χ2v) is 9.29. The Hall–Kier alpha value is 2.06. The summed E-state index contributed by atoms with van der Waals surface area (Å²) in [4.78, 5) is -2.50. The zero-order valence-electron chi connectivity index (χ0n) is 8.54. The number of halogens is 8. The maximum absolute atomic E-state index is 6.62. The average Bonchev–Trinajstić information content (AvgIpc) is 2.69. The second-order valence-electron chi connectivity index (χ2n) is 4.95. The summed E-state index contributed by atoms with van der Waals surface area (Å²) in [6.07, 6.45) is 0.555. The van der Waals surface area contributed by atoms with E-state index in [1.807, 2.05) is 0 Å². The van der Waals surface area contributed by atoms with Gasteiger partial charge in [0, 0.05) is 5.92 Å². The lowest BCUT2D eigenvalue weighted by molar-refractivity contribution is 0.385. The summed E-state index contributed by atoms with van der Waals surface area (Å²) in [5.41, 5.74) is 0. The van der Waals surface area contributed by atoms with Crippen molar-refractivity contribution in [2.24, 2.45) is 11.8 Å². The highest BCUT2D eigenvalue weighted by Gasteiger charge is 2.84. The second kappa shape index (κ2) is 4.07. The van der Waals surface area contributed by atoms with Crippen molar-refractivity contribution in [1.82, 2.24) is 0 Å². The molecule has 3 rings (SSSR count). The molecule has 0 amide bonds. The van der Waals surface area contributed by atoms with Crippen LogP contribution in [-0.4, -0.2) is 24.8 Å². The molecule has 2 bridgehead atoms. The molecule has 6 unspecified atom stereocenters. The van der Waals surface area contributed by atoms with Crippen molar-refractivity contribution >= 4 is 92.8 Å². The first-order valence-electron chi connectivity index (χ1n) is 5.21. The lowest BCUT2D eigenvalue weighted by atomic mass is 9.84. The van der Waals surface area contributed by atoms with Crippen molar-refractivity contribution in [2.45, 2.75) is 31.3 Å². The van der Waals surface area contributed by atoms with E-state index in [9.17, 15) is 0 Å². The van der Waals surface area contributed by atoms with Gasteiger partial charge in [-0.1, -0.05) is 46.4 Å². The fraction of sp³-hybridized carbons (Fsp3) is 0.800. The fourth-order valence-electron chi connectivity index (χ4n) is 3.48. The van der Waals surface area contributed by atoms with Crippen LogP contribution in [0.3, 0.4) is 0 Å². The first-order chi connectivity index (χ1) is 8.11. The molecular weight excluding hydrogens is 404 g/mol. The molecule has 102 valence electrons. The maximum atomic E-state index is 6.62. The first kappa shape index (κ1) is 15.0. The molecule has 18 heavy (non-hydrogen) atoms. The number of rotatable bonds is 0. The summed E-state index contributed by atoms with van der Waals surface area (Å²) in [5, 5.41) is -0.259. The van der Waals surface area contributed by atoms with Crippen LogP contribution in [0.25, 0.3) is 0 Å². The Kier molecular flexibility index (Phi) is 3.39. The molecule has 0 N–H and O–H groups in total. The summed E-state index contributed by atoms with van der Waals surface area (Å²) in [7, 11) is 0. The Labute approximate surface area is 145 Å². The third kappa shape index (κ3) is 1.28. The van der Waals surface area contributed by atoms with E-state index in [-0.39, 0.29) is 27.3 Å². The third-order valence-corrected chi connectivity index (χ3v) is 9.79. The van der Waals surface area contributed by atoms with Crippen LogP contribution in [0, 0.1) is 11.8 Å². The monoisotopic (exact) mass is 406 g/mol. The van der Waals surface area contributed by atoms with Crippen molar-refractivity contribution in [3.05, 3.63) is 10.1 Å². The number of hydrogen-bond acceptors (Lipinski definition) is 0. The van der Waals surface area contributed by atoms with E-state index in [1.54, 1.807) is 0 Å². The average molecular weight is 410 g/mol. The SMILES string of the molecule is ClC1=C(Cl)C2(Cl)C3C(Cl)C(Cl)CC3C1(Cl)C2(Cl)Cl. The summed E-state index contributed by atoms with van der Waals surface area (Å²) in [5.74, 6) is -0.488. The van der Waals surface area contributed by atoms with Gasteiger partial charge in [-0.2, -0.15) is 0 Å². The predicted octanol–water partition coefficient (Wildman–Crippen LogP) is 5.68. The van der Waals surface area contributed by atoms with E-state index < -0.39 is 19.5 Å². The number of allylic oxidation sites excluding steroid dienone is 2. The Morgan fingerprint density at radius 2 is 1.39 bits per heavy atom. The van der Waals surface area contributed by atoms with Crippen LogP contribution in [0.2, 0.25) is 0 Å². The van der Waals surface area contributed by atoms with Crippen molar-refractivity contribution in [2.75, 3.05) is 0 Å². The van der Waals surface area contributed by atoms with E-state index in [1.165, 1.54) is 0 Å². The summed E-state index contributed by atoms with van der Waals surface area (Å²) in [6.45, 7) is 0. The molecule has 6 atom stereocenters. The fourth-order valence-corrected chi connectivity index (χ4v) is 7.46. The molecule has 0 saturated heterocycles. The van der Waals surface area contributed by atoms with Gasteiger partial charge in [0.2, 0.25) is 0 Å². The molecule has 0 spiro atoms. The van der Waals surface area contributed by atoms with E-state index in [0.717, 1.165) is 0 Å². The van der Waals surface area contributed by atoms with Crippen LogP contribution in [-0.2, 0) is 0 Å². The van der Waals surface area contributed by atoms with Crippen molar-refractivity contribution in [1.29, 1.82) is 0 Å². The summed E-state index contributed by atoms with van der Waals surface area (Å²) >= 11 is 51.0. The summed E-state index contributed by atoms with van der Waals surface area (Å²) in [6, 6.07) is 0. The highest BCUT2D eigenvalue weighted by Crippen LogP contribution is 2.79. The van der Waals surface area contributed by atoms with E-state index in [2.05, 4.69) is 0 Å². The standard InChI is InChI=1S/C10H6Cl8/c11-3-1-2-4(5(3)12)9(16)7(14)6(13)8(2,15)10(9,17)18/h2-5H,1H2.